The van der Waals surface area contributed by atoms with Crippen LogP contribution in [-0.2, 0) is 6.54 Å². The zero-order chi connectivity index (χ0) is 13.1. The van der Waals surface area contributed by atoms with E-state index in [4.69, 9.17) is 11.6 Å². The Morgan fingerprint density at radius 3 is 2.83 bits per heavy atom. The molecule has 0 radical (unpaired) electrons. The number of aromatic amines is 1. The fourth-order valence-corrected chi connectivity index (χ4v) is 1.58. The summed E-state index contributed by atoms with van der Waals surface area (Å²) in [6.45, 7) is 2.15. The summed E-state index contributed by atoms with van der Waals surface area (Å²) in [4.78, 5) is 21.6. The molecule has 0 fully saturated rings. The molecule has 0 aliphatic rings. The van der Waals surface area contributed by atoms with E-state index in [0.29, 0.717) is 23.1 Å². The first kappa shape index (κ1) is 12.5. The molecule has 2 heterocycles. The first-order valence-electron chi connectivity index (χ1n) is 5.31. The lowest BCUT2D eigenvalue weighted by Gasteiger charge is -2.14. The maximum Gasteiger partial charge on any atom is 0.255 e. The second-order valence-corrected chi connectivity index (χ2v) is 4.26. The number of nitrogens with zero attached hydrogens (tertiary/aromatic N) is 4. The Morgan fingerprint density at radius 1 is 1.50 bits per heavy atom. The minimum atomic E-state index is -0.151. The lowest BCUT2D eigenvalue weighted by Crippen LogP contribution is -2.26. The van der Waals surface area contributed by atoms with Crippen LogP contribution in [0.2, 0.25) is 5.15 Å². The molecule has 7 heteroatoms. The van der Waals surface area contributed by atoms with Gasteiger partial charge in [-0.1, -0.05) is 11.6 Å². The highest BCUT2D eigenvalue weighted by Crippen LogP contribution is 2.08. The molecule has 0 spiro atoms. The third-order valence-electron chi connectivity index (χ3n) is 2.34. The van der Waals surface area contributed by atoms with Crippen molar-refractivity contribution in [2.24, 2.45) is 0 Å². The van der Waals surface area contributed by atoms with Gasteiger partial charge < -0.3 is 4.90 Å². The number of halogens is 1. The number of carbonyl (C=O) groups excluding carboxylic acids is 1. The van der Waals surface area contributed by atoms with Gasteiger partial charge in [0.1, 0.15) is 11.0 Å². The van der Waals surface area contributed by atoms with Crippen LogP contribution in [0.3, 0.4) is 0 Å². The second kappa shape index (κ2) is 5.14. The highest BCUT2D eigenvalue weighted by Gasteiger charge is 2.14. The molecule has 0 aromatic carbocycles. The van der Waals surface area contributed by atoms with Crippen molar-refractivity contribution in [2.75, 3.05) is 7.05 Å². The van der Waals surface area contributed by atoms with Gasteiger partial charge in [-0.3, -0.25) is 9.89 Å². The third kappa shape index (κ3) is 2.84. The van der Waals surface area contributed by atoms with Gasteiger partial charge in [-0.25, -0.2) is 9.97 Å². The molecule has 0 aliphatic heterocycles. The Morgan fingerprint density at radius 2 is 2.28 bits per heavy atom. The lowest BCUT2D eigenvalue weighted by atomic mass is 10.2. The first-order chi connectivity index (χ1) is 8.56. The van der Waals surface area contributed by atoms with Crippen LogP contribution in [0.15, 0.2) is 18.3 Å². The second-order valence-electron chi connectivity index (χ2n) is 3.87. The number of hydrogen-bond donors (Lipinski definition) is 1. The zero-order valence-electron chi connectivity index (χ0n) is 10.0. The Bertz CT molecular complexity index is 551. The van der Waals surface area contributed by atoms with E-state index in [9.17, 15) is 4.79 Å². The molecule has 6 nitrogen and oxygen atoms in total. The molecule has 18 heavy (non-hydrogen) atoms. The van der Waals surface area contributed by atoms with Crippen LogP contribution in [0, 0.1) is 6.92 Å². The molecule has 0 saturated heterocycles. The average molecular weight is 266 g/mol. The summed E-state index contributed by atoms with van der Waals surface area (Å²) >= 11 is 5.67. The molecule has 0 atom stereocenters. The summed E-state index contributed by atoms with van der Waals surface area (Å²) in [7, 11) is 1.68. The number of amides is 1. The van der Waals surface area contributed by atoms with Gasteiger partial charge in [-0.05, 0) is 19.1 Å². The number of aryl methyl sites for hydroxylation is 1. The minimum Gasteiger partial charge on any atom is -0.334 e. The SMILES string of the molecule is Cc1nc(CN(C)C(=O)c2ccc(Cl)nc2)n[nH]1. The smallest absolute Gasteiger partial charge is 0.255 e. The quantitative estimate of drug-likeness (QED) is 0.852. The maximum absolute atomic E-state index is 12.0. The normalized spacial score (nSPS) is 10.4. The molecule has 1 amide bonds. The molecule has 0 saturated carbocycles. The molecule has 94 valence electrons. The highest BCUT2D eigenvalue weighted by molar-refractivity contribution is 6.29. The maximum atomic E-state index is 12.0. The van der Waals surface area contributed by atoms with E-state index in [-0.39, 0.29) is 5.91 Å². The summed E-state index contributed by atoms with van der Waals surface area (Å²) in [5, 5.41) is 7.07. The summed E-state index contributed by atoms with van der Waals surface area (Å²) in [5.41, 5.74) is 0.481. The van der Waals surface area contributed by atoms with Crippen molar-refractivity contribution in [3.05, 3.63) is 40.7 Å². The van der Waals surface area contributed by atoms with Crippen molar-refractivity contribution >= 4 is 17.5 Å². The first-order valence-corrected chi connectivity index (χ1v) is 5.69. The lowest BCUT2D eigenvalue weighted by molar-refractivity contribution is 0.0781. The number of nitrogens with one attached hydrogen (secondary N) is 1. The number of rotatable bonds is 3. The van der Waals surface area contributed by atoms with Crippen molar-refractivity contribution in [1.82, 2.24) is 25.1 Å². The van der Waals surface area contributed by atoms with Crippen molar-refractivity contribution in [3.8, 4) is 0 Å². The van der Waals surface area contributed by atoms with E-state index >= 15 is 0 Å². The third-order valence-corrected chi connectivity index (χ3v) is 2.57. The summed E-state index contributed by atoms with van der Waals surface area (Å²) < 4.78 is 0. The fraction of sp³-hybridized carbons (Fsp3) is 0.273. The molecule has 0 aliphatic carbocycles. The van der Waals surface area contributed by atoms with Crippen molar-refractivity contribution in [3.63, 3.8) is 0 Å². The van der Waals surface area contributed by atoms with Gasteiger partial charge in [0.05, 0.1) is 12.1 Å². The van der Waals surface area contributed by atoms with Gasteiger partial charge >= 0.3 is 0 Å². The molecule has 2 aromatic rings. The molecular formula is C11H12ClN5O. The minimum absolute atomic E-state index is 0.151. The number of hydrogen-bond acceptors (Lipinski definition) is 4. The van der Waals surface area contributed by atoms with Crippen LogP contribution in [0.1, 0.15) is 22.0 Å². The van der Waals surface area contributed by atoms with Gasteiger partial charge in [0.15, 0.2) is 5.82 Å². The molecule has 2 aromatic heterocycles. The summed E-state index contributed by atoms with van der Waals surface area (Å²) in [5.74, 6) is 1.14. The summed E-state index contributed by atoms with van der Waals surface area (Å²) in [6, 6.07) is 3.22. The number of pyridine rings is 1. The van der Waals surface area contributed by atoms with Crippen molar-refractivity contribution < 1.29 is 4.79 Å². The molecular weight excluding hydrogens is 254 g/mol. The van der Waals surface area contributed by atoms with E-state index in [2.05, 4.69) is 20.2 Å². The van der Waals surface area contributed by atoms with Gasteiger partial charge in [0.25, 0.3) is 5.91 Å². The summed E-state index contributed by atoms with van der Waals surface area (Å²) in [6.07, 6.45) is 1.45. The van der Waals surface area contributed by atoms with E-state index in [1.807, 2.05) is 0 Å². The number of H-pyrrole nitrogens is 1. The Kier molecular flexibility index (Phi) is 3.57. The molecule has 1 N–H and O–H groups in total. The van der Waals surface area contributed by atoms with Crippen molar-refractivity contribution in [2.45, 2.75) is 13.5 Å². The van der Waals surface area contributed by atoms with Gasteiger partial charge in [-0.15, -0.1) is 0 Å². The fourth-order valence-electron chi connectivity index (χ4n) is 1.47. The predicted molar refractivity (Wildman–Crippen MR) is 66.2 cm³/mol. The Hall–Kier alpha value is -1.95. The van der Waals surface area contributed by atoms with Crippen LogP contribution in [0.5, 0.6) is 0 Å². The topological polar surface area (TPSA) is 74.8 Å². The van der Waals surface area contributed by atoms with E-state index in [1.165, 1.54) is 11.1 Å². The Balaban J connectivity index is 2.07. The van der Waals surface area contributed by atoms with E-state index < -0.39 is 0 Å². The molecule has 0 unspecified atom stereocenters. The van der Waals surface area contributed by atoms with Gasteiger partial charge in [0.2, 0.25) is 0 Å². The highest BCUT2D eigenvalue weighted by atomic mass is 35.5. The van der Waals surface area contributed by atoms with Crippen LogP contribution in [-0.4, -0.2) is 38.0 Å². The average Bonchev–Trinajstić information content (AvgIpc) is 2.75. The molecule has 2 rings (SSSR count). The predicted octanol–water partition coefficient (Wildman–Crippen LogP) is 1.43. The zero-order valence-corrected chi connectivity index (χ0v) is 10.8. The number of carbonyl (C=O) groups is 1. The molecule has 0 bridgehead atoms. The van der Waals surface area contributed by atoms with Gasteiger partial charge in [0, 0.05) is 13.2 Å². The van der Waals surface area contributed by atoms with Crippen molar-refractivity contribution in [1.29, 1.82) is 0 Å². The van der Waals surface area contributed by atoms with E-state index in [1.54, 1.807) is 26.1 Å². The van der Waals surface area contributed by atoms with Crippen LogP contribution in [0.4, 0.5) is 0 Å². The van der Waals surface area contributed by atoms with Crippen LogP contribution >= 0.6 is 11.6 Å². The van der Waals surface area contributed by atoms with Gasteiger partial charge in [-0.2, -0.15) is 5.10 Å². The Labute approximate surface area is 109 Å². The van der Waals surface area contributed by atoms with Crippen LogP contribution in [0.25, 0.3) is 0 Å². The van der Waals surface area contributed by atoms with Crippen LogP contribution < -0.4 is 0 Å². The largest absolute Gasteiger partial charge is 0.334 e. The monoisotopic (exact) mass is 265 g/mol. The standard InChI is InChI=1S/C11H12ClN5O/c1-7-14-10(16-15-7)6-17(2)11(18)8-3-4-9(12)13-5-8/h3-5H,6H2,1-2H3,(H,14,15,16). The van der Waals surface area contributed by atoms with E-state index in [0.717, 1.165) is 5.82 Å². The number of aromatic nitrogens is 4.